The average Bonchev–Trinajstić information content (AvgIpc) is 2.57. The Morgan fingerprint density at radius 3 is 2.26 bits per heavy atom. The van der Waals surface area contributed by atoms with E-state index >= 15 is 0 Å². The van der Waals surface area contributed by atoms with E-state index in [0.717, 1.165) is 12.0 Å². The van der Waals surface area contributed by atoms with E-state index in [-0.39, 0.29) is 11.5 Å². The highest BCUT2D eigenvalue weighted by Crippen LogP contribution is 2.26. The molecule has 3 aromatic rings. The van der Waals surface area contributed by atoms with E-state index < -0.39 is 0 Å². The minimum absolute atomic E-state index is 0.115. The van der Waals surface area contributed by atoms with Crippen LogP contribution in [0.2, 0.25) is 0 Å². The third-order valence-electron chi connectivity index (χ3n) is 3.57. The van der Waals surface area contributed by atoms with Gasteiger partial charge in [-0.25, -0.2) is 0 Å². The fourth-order valence-electron chi connectivity index (χ4n) is 2.36. The lowest BCUT2D eigenvalue weighted by molar-refractivity contribution is 0.473. The molecule has 0 fully saturated rings. The summed E-state index contributed by atoms with van der Waals surface area (Å²) in [4.78, 5) is 4.25. The van der Waals surface area contributed by atoms with Crippen molar-refractivity contribution in [3.8, 4) is 11.5 Å². The zero-order valence-electron chi connectivity index (χ0n) is 12.6. The number of hydrogen-bond donors (Lipinski definition) is 2. The van der Waals surface area contributed by atoms with Gasteiger partial charge in [0.05, 0.1) is 0 Å². The largest absolute Gasteiger partial charge is 0.507 e. The summed E-state index contributed by atoms with van der Waals surface area (Å²) in [5.41, 5.74) is 3.40. The Bertz CT molecular complexity index is 826. The maximum atomic E-state index is 9.99. The number of rotatable bonds is 4. The van der Waals surface area contributed by atoms with Crippen LogP contribution in [-0.4, -0.2) is 16.4 Å². The summed E-state index contributed by atoms with van der Waals surface area (Å²) < 4.78 is 0. The van der Waals surface area contributed by atoms with Crippen LogP contribution in [-0.2, 0) is 6.42 Å². The molecule has 0 unspecified atom stereocenters. The van der Waals surface area contributed by atoms with Crippen LogP contribution in [0.3, 0.4) is 0 Å². The van der Waals surface area contributed by atoms with Gasteiger partial charge in [-0.3, -0.25) is 4.99 Å². The first-order valence-corrected chi connectivity index (χ1v) is 7.40. The van der Waals surface area contributed by atoms with Gasteiger partial charge in [0, 0.05) is 11.8 Å². The molecule has 0 saturated carbocycles. The SMILES string of the molecule is Oc1ccc(Cc2ccccc2)cc1C=Nc1ccccc1O. The van der Waals surface area contributed by atoms with E-state index in [2.05, 4.69) is 17.1 Å². The quantitative estimate of drug-likeness (QED) is 0.700. The Balaban J connectivity index is 1.85. The highest BCUT2D eigenvalue weighted by atomic mass is 16.3. The van der Waals surface area contributed by atoms with Crippen molar-refractivity contribution in [3.05, 3.63) is 89.5 Å². The monoisotopic (exact) mass is 303 g/mol. The van der Waals surface area contributed by atoms with Gasteiger partial charge in [-0.2, -0.15) is 0 Å². The van der Waals surface area contributed by atoms with E-state index in [1.807, 2.05) is 30.3 Å². The average molecular weight is 303 g/mol. The number of phenolic OH excluding ortho intramolecular Hbond substituents is 2. The molecule has 0 atom stereocenters. The molecule has 3 rings (SSSR count). The summed E-state index contributed by atoms with van der Waals surface area (Å²) in [6.45, 7) is 0. The number of aliphatic imine (C=N–C) groups is 1. The zero-order chi connectivity index (χ0) is 16.1. The van der Waals surface area contributed by atoms with Crippen LogP contribution in [0.15, 0.2) is 77.8 Å². The topological polar surface area (TPSA) is 52.8 Å². The first-order valence-electron chi connectivity index (χ1n) is 7.40. The predicted octanol–water partition coefficient (Wildman–Crippen LogP) is 4.44. The normalized spacial score (nSPS) is 11.0. The van der Waals surface area contributed by atoms with Crippen molar-refractivity contribution < 1.29 is 10.2 Å². The molecule has 3 nitrogen and oxygen atoms in total. The van der Waals surface area contributed by atoms with E-state index in [9.17, 15) is 10.2 Å². The molecule has 0 spiro atoms. The summed E-state index contributed by atoms with van der Waals surface area (Å²) in [6, 6.07) is 22.5. The molecule has 0 aromatic heterocycles. The van der Waals surface area contributed by atoms with Gasteiger partial charge in [0.1, 0.15) is 17.2 Å². The number of benzene rings is 3. The number of aromatic hydroxyl groups is 2. The summed E-state index contributed by atoms with van der Waals surface area (Å²) in [5.74, 6) is 0.282. The standard InChI is InChI=1S/C20H17NO2/c22-19-11-10-16(12-15-6-2-1-3-7-15)13-17(19)14-21-18-8-4-5-9-20(18)23/h1-11,13-14,22-23H,12H2. The second kappa shape index (κ2) is 6.79. The molecular weight excluding hydrogens is 286 g/mol. The summed E-state index contributed by atoms with van der Waals surface area (Å²) in [5, 5.41) is 19.7. The van der Waals surface area contributed by atoms with E-state index in [0.29, 0.717) is 11.3 Å². The van der Waals surface area contributed by atoms with Crippen LogP contribution < -0.4 is 0 Å². The summed E-state index contributed by atoms with van der Waals surface area (Å²) >= 11 is 0. The maximum absolute atomic E-state index is 9.99. The van der Waals surface area contributed by atoms with Crippen LogP contribution >= 0.6 is 0 Å². The van der Waals surface area contributed by atoms with Gasteiger partial charge < -0.3 is 10.2 Å². The zero-order valence-corrected chi connectivity index (χ0v) is 12.6. The molecule has 0 aliphatic heterocycles. The van der Waals surface area contributed by atoms with Crippen LogP contribution in [0.1, 0.15) is 16.7 Å². The Labute approximate surface area is 135 Å². The number of para-hydroxylation sites is 2. The number of hydrogen-bond acceptors (Lipinski definition) is 3. The van der Waals surface area contributed by atoms with Crippen molar-refractivity contribution in [1.29, 1.82) is 0 Å². The smallest absolute Gasteiger partial charge is 0.141 e. The lowest BCUT2D eigenvalue weighted by atomic mass is 10.0. The molecule has 23 heavy (non-hydrogen) atoms. The van der Waals surface area contributed by atoms with Gasteiger partial charge in [0.2, 0.25) is 0 Å². The summed E-state index contributed by atoms with van der Waals surface area (Å²) in [6.07, 6.45) is 2.36. The second-order valence-electron chi connectivity index (χ2n) is 5.30. The lowest BCUT2D eigenvalue weighted by Gasteiger charge is -2.05. The highest BCUT2D eigenvalue weighted by molar-refractivity contribution is 5.86. The fourth-order valence-corrected chi connectivity index (χ4v) is 2.36. The van der Waals surface area contributed by atoms with Crippen molar-refractivity contribution in [2.24, 2.45) is 4.99 Å². The molecule has 2 N–H and O–H groups in total. The van der Waals surface area contributed by atoms with Gasteiger partial charge in [0.15, 0.2) is 0 Å². The highest BCUT2D eigenvalue weighted by Gasteiger charge is 2.03. The van der Waals surface area contributed by atoms with Crippen molar-refractivity contribution in [2.45, 2.75) is 6.42 Å². The minimum Gasteiger partial charge on any atom is -0.507 e. The second-order valence-corrected chi connectivity index (χ2v) is 5.30. The van der Waals surface area contributed by atoms with Gasteiger partial charge >= 0.3 is 0 Å². The van der Waals surface area contributed by atoms with Crippen molar-refractivity contribution in [1.82, 2.24) is 0 Å². The Hall–Kier alpha value is -3.07. The number of phenols is 2. The van der Waals surface area contributed by atoms with Crippen LogP contribution in [0.4, 0.5) is 5.69 Å². The molecule has 0 aliphatic rings. The Morgan fingerprint density at radius 1 is 0.739 bits per heavy atom. The van der Waals surface area contributed by atoms with Crippen molar-refractivity contribution >= 4 is 11.9 Å². The first kappa shape index (κ1) is 14.9. The molecule has 0 amide bonds. The minimum atomic E-state index is 0.115. The van der Waals surface area contributed by atoms with Gasteiger partial charge in [-0.15, -0.1) is 0 Å². The van der Waals surface area contributed by atoms with Crippen molar-refractivity contribution in [3.63, 3.8) is 0 Å². The van der Waals surface area contributed by atoms with Gasteiger partial charge in [-0.1, -0.05) is 48.5 Å². The predicted molar refractivity (Wildman–Crippen MR) is 92.7 cm³/mol. The Kier molecular flexibility index (Phi) is 4.39. The van der Waals surface area contributed by atoms with E-state index in [1.165, 1.54) is 5.56 Å². The fraction of sp³-hybridized carbons (Fsp3) is 0.0500. The molecular formula is C20H17NO2. The molecule has 0 aliphatic carbocycles. The molecule has 0 bridgehead atoms. The van der Waals surface area contributed by atoms with Gasteiger partial charge in [0.25, 0.3) is 0 Å². The third kappa shape index (κ3) is 3.77. The van der Waals surface area contributed by atoms with Crippen LogP contribution in [0.5, 0.6) is 11.5 Å². The molecule has 3 heteroatoms. The molecule has 3 aromatic carbocycles. The first-order chi connectivity index (χ1) is 11.2. The van der Waals surface area contributed by atoms with Crippen LogP contribution in [0.25, 0.3) is 0 Å². The van der Waals surface area contributed by atoms with E-state index in [1.54, 1.807) is 36.5 Å². The molecule has 114 valence electrons. The third-order valence-corrected chi connectivity index (χ3v) is 3.57. The summed E-state index contributed by atoms with van der Waals surface area (Å²) in [7, 11) is 0. The molecule has 0 heterocycles. The van der Waals surface area contributed by atoms with E-state index in [4.69, 9.17) is 0 Å². The van der Waals surface area contributed by atoms with Gasteiger partial charge in [-0.05, 0) is 41.8 Å². The molecule has 0 radical (unpaired) electrons. The molecule has 0 saturated heterocycles. The maximum Gasteiger partial charge on any atom is 0.141 e. The number of nitrogens with zero attached hydrogens (tertiary/aromatic N) is 1. The van der Waals surface area contributed by atoms with Crippen LogP contribution in [0, 0.1) is 0 Å². The van der Waals surface area contributed by atoms with Crippen molar-refractivity contribution in [2.75, 3.05) is 0 Å². The Morgan fingerprint density at radius 2 is 1.48 bits per heavy atom. The lowest BCUT2D eigenvalue weighted by Crippen LogP contribution is -1.91.